The molecule has 0 radical (unpaired) electrons. The van der Waals surface area contributed by atoms with Crippen molar-refractivity contribution in [2.24, 2.45) is 0 Å². The highest BCUT2D eigenvalue weighted by atomic mass is 35.5. The summed E-state index contributed by atoms with van der Waals surface area (Å²) in [5.41, 5.74) is 0.351. The van der Waals surface area contributed by atoms with Crippen molar-refractivity contribution in [2.45, 2.75) is 6.92 Å². The van der Waals surface area contributed by atoms with E-state index >= 15 is 0 Å². The minimum Gasteiger partial charge on any atom is -0.293 e. The molecule has 0 atom stereocenters. The molecule has 1 amide bonds. The molecule has 0 aliphatic carbocycles. The number of hydrogen-bond donors (Lipinski definition) is 0. The molecular formula is C12H9ClN2O3S2. The number of nitro benzene ring substituents is 1. The van der Waals surface area contributed by atoms with Gasteiger partial charge in [-0.15, -0.1) is 0 Å². The van der Waals surface area contributed by atoms with Crippen LogP contribution >= 0.6 is 35.6 Å². The van der Waals surface area contributed by atoms with Gasteiger partial charge >= 0.3 is 0 Å². The lowest BCUT2D eigenvalue weighted by Crippen LogP contribution is -2.27. The molecule has 104 valence electrons. The number of rotatable bonds is 3. The van der Waals surface area contributed by atoms with Crippen molar-refractivity contribution in [3.63, 3.8) is 0 Å². The van der Waals surface area contributed by atoms with E-state index in [0.717, 1.165) is 11.8 Å². The molecule has 1 aliphatic rings. The fourth-order valence-corrected chi connectivity index (χ4v) is 3.22. The van der Waals surface area contributed by atoms with E-state index in [1.165, 1.54) is 29.2 Å². The number of thiocarbonyl (C=S) groups is 1. The van der Waals surface area contributed by atoms with E-state index in [1.807, 2.05) is 6.92 Å². The third-order valence-electron chi connectivity index (χ3n) is 2.67. The predicted molar refractivity (Wildman–Crippen MR) is 83.7 cm³/mol. The van der Waals surface area contributed by atoms with Gasteiger partial charge in [0.05, 0.1) is 9.83 Å². The number of thioether (sulfide) groups is 1. The summed E-state index contributed by atoms with van der Waals surface area (Å²) in [7, 11) is 0. The Balaban J connectivity index is 2.41. The van der Waals surface area contributed by atoms with Gasteiger partial charge in [-0.3, -0.25) is 19.8 Å². The summed E-state index contributed by atoms with van der Waals surface area (Å²) < 4.78 is 0.477. The Morgan fingerprint density at radius 1 is 1.55 bits per heavy atom. The molecule has 1 saturated heterocycles. The first-order chi connectivity index (χ1) is 9.43. The lowest BCUT2D eigenvalue weighted by atomic mass is 10.2. The van der Waals surface area contributed by atoms with Crippen molar-refractivity contribution in [2.75, 3.05) is 6.54 Å². The second-order valence-corrected chi connectivity index (χ2v) is 5.97. The summed E-state index contributed by atoms with van der Waals surface area (Å²) in [4.78, 5) is 24.2. The van der Waals surface area contributed by atoms with Crippen molar-refractivity contribution in [3.8, 4) is 0 Å². The first-order valence-electron chi connectivity index (χ1n) is 5.63. The van der Waals surface area contributed by atoms with E-state index < -0.39 is 4.92 Å². The molecule has 0 bridgehead atoms. The highest BCUT2D eigenvalue weighted by Gasteiger charge is 2.30. The summed E-state index contributed by atoms with van der Waals surface area (Å²) in [6.07, 6.45) is 1.53. The maximum absolute atomic E-state index is 12.1. The van der Waals surface area contributed by atoms with Gasteiger partial charge in [0.1, 0.15) is 4.32 Å². The van der Waals surface area contributed by atoms with Gasteiger partial charge in [0.25, 0.3) is 11.6 Å². The monoisotopic (exact) mass is 328 g/mol. The Bertz CT molecular complexity index is 646. The lowest BCUT2D eigenvalue weighted by Gasteiger charge is -2.09. The first kappa shape index (κ1) is 15.0. The molecule has 1 aromatic rings. The molecular weight excluding hydrogens is 320 g/mol. The van der Waals surface area contributed by atoms with Crippen LogP contribution in [0.2, 0.25) is 5.02 Å². The van der Waals surface area contributed by atoms with E-state index in [4.69, 9.17) is 23.8 Å². The fraction of sp³-hybridized carbons (Fsp3) is 0.167. The predicted octanol–water partition coefficient (Wildman–Crippen LogP) is 3.47. The molecule has 2 rings (SSSR count). The Morgan fingerprint density at radius 3 is 2.80 bits per heavy atom. The number of non-ortho nitro benzene ring substituents is 1. The third kappa shape index (κ3) is 2.84. The van der Waals surface area contributed by atoms with Gasteiger partial charge in [-0.1, -0.05) is 35.6 Å². The Morgan fingerprint density at radius 2 is 2.25 bits per heavy atom. The van der Waals surface area contributed by atoms with Gasteiger partial charge < -0.3 is 0 Å². The molecule has 0 aromatic heterocycles. The molecule has 5 nitrogen and oxygen atoms in total. The largest absolute Gasteiger partial charge is 0.293 e. The lowest BCUT2D eigenvalue weighted by molar-refractivity contribution is -0.384. The number of halogens is 1. The summed E-state index contributed by atoms with van der Waals surface area (Å²) in [6.45, 7) is 2.32. The number of carbonyl (C=O) groups excluding carboxylic acids is 1. The molecule has 1 aromatic carbocycles. The molecule has 1 aliphatic heterocycles. The van der Waals surface area contributed by atoms with E-state index in [0.29, 0.717) is 26.4 Å². The molecule has 8 heteroatoms. The average Bonchev–Trinajstić information content (AvgIpc) is 2.66. The zero-order valence-corrected chi connectivity index (χ0v) is 12.7. The van der Waals surface area contributed by atoms with Gasteiger partial charge in [0.15, 0.2) is 0 Å². The molecule has 20 heavy (non-hydrogen) atoms. The first-order valence-corrected chi connectivity index (χ1v) is 7.23. The maximum atomic E-state index is 12.1. The molecule has 1 heterocycles. The number of hydrogen-bond acceptors (Lipinski definition) is 5. The van der Waals surface area contributed by atoms with Crippen LogP contribution < -0.4 is 0 Å². The third-order valence-corrected chi connectivity index (χ3v) is 4.39. The van der Waals surface area contributed by atoms with E-state index in [9.17, 15) is 14.9 Å². The van der Waals surface area contributed by atoms with Crippen LogP contribution in [0.3, 0.4) is 0 Å². The van der Waals surface area contributed by atoms with E-state index in [2.05, 4.69) is 0 Å². The smallest absolute Gasteiger partial charge is 0.270 e. The standard InChI is InChI=1S/C12H9ClN2O3S2/c1-2-14-11(16)10(20-12(14)19)6-7-5-8(15(17)18)3-4-9(7)13/h3-6H,2H2,1H3/b10-6-. The summed E-state index contributed by atoms with van der Waals surface area (Å²) in [5.74, 6) is -0.204. The topological polar surface area (TPSA) is 63.5 Å². The van der Waals surface area contributed by atoms with Gasteiger partial charge in [0, 0.05) is 29.3 Å². The molecule has 0 unspecified atom stereocenters. The average molecular weight is 329 g/mol. The molecule has 0 saturated carbocycles. The number of amides is 1. The number of nitrogens with zero attached hydrogens (tertiary/aromatic N) is 2. The van der Waals surface area contributed by atoms with Crippen molar-refractivity contribution < 1.29 is 9.72 Å². The number of benzene rings is 1. The number of likely N-dealkylation sites (N-methyl/N-ethyl adjacent to an activating group) is 1. The minimum atomic E-state index is -0.509. The Hall–Kier alpha value is -1.44. The van der Waals surface area contributed by atoms with Crippen LogP contribution in [0.25, 0.3) is 6.08 Å². The Labute approximate surface area is 129 Å². The fourth-order valence-electron chi connectivity index (χ4n) is 1.67. The van der Waals surface area contributed by atoms with Crippen LogP contribution in [0.15, 0.2) is 23.1 Å². The molecule has 1 fully saturated rings. The summed E-state index contributed by atoms with van der Waals surface area (Å²) in [6, 6.07) is 4.09. The van der Waals surface area contributed by atoms with Crippen LogP contribution in [-0.4, -0.2) is 26.6 Å². The zero-order chi connectivity index (χ0) is 14.9. The van der Waals surface area contributed by atoms with Gasteiger partial charge in [0.2, 0.25) is 0 Å². The van der Waals surface area contributed by atoms with Crippen LogP contribution in [0.4, 0.5) is 5.69 Å². The SMILES string of the molecule is CCN1C(=O)/C(=C/c2cc([N+](=O)[O-])ccc2Cl)SC1=S. The Kier molecular flexibility index (Phi) is 4.42. The van der Waals surface area contributed by atoms with Gasteiger partial charge in [-0.2, -0.15) is 0 Å². The molecule has 0 spiro atoms. The van der Waals surface area contributed by atoms with Gasteiger partial charge in [-0.05, 0) is 19.1 Å². The van der Waals surface area contributed by atoms with Crippen LogP contribution in [0, 0.1) is 10.1 Å². The van der Waals surface area contributed by atoms with Crippen LogP contribution in [-0.2, 0) is 4.79 Å². The second kappa shape index (κ2) is 5.90. The van der Waals surface area contributed by atoms with Crippen LogP contribution in [0.1, 0.15) is 12.5 Å². The quantitative estimate of drug-likeness (QED) is 0.368. The highest BCUT2D eigenvalue weighted by molar-refractivity contribution is 8.26. The molecule has 0 N–H and O–H groups in total. The van der Waals surface area contributed by atoms with Crippen molar-refractivity contribution in [3.05, 3.63) is 43.8 Å². The summed E-state index contributed by atoms with van der Waals surface area (Å²) >= 11 is 12.3. The second-order valence-electron chi connectivity index (χ2n) is 3.89. The highest BCUT2D eigenvalue weighted by Crippen LogP contribution is 2.34. The zero-order valence-electron chi connectivity index (χ0n) is 10.3. The van der Waals surface area contributed by atoms with Gasteiger partial charge in [-0.25, -0.2) is 0 Å². The number of carbonyl (C=O) groups is 1. The minimum absolute atomic E-state index is 0.0772. The van der Waals surface area contributed by atoms with Crippen LogP contribution in [0.5, 0.6) is 0 Å². The maximum Gasteiger partial charge on any atom is 0.270 e. The van der Waals surface area contributed by atoms with E-state index in [1.54, 1.807) is 0 Å². The van der Waals surface area contributed by atoms with Crippen molar-refractivity contribution in [1.29, 1.82) is 0 Å². The normalized spacial score (nSPS) is 17.1. The number of nitro groups is 1. The van der Waals surface area contributed by atoms with Crippen molar-refractivity contribution >= 4 is 57.6 Å². The van der Waals surface area contributed by atoms with Crippen molar-refractivity contribution in [1.82, 2.24) is 4.90 Å². The summed E-state index contributed by atoms with van der Waals surface area (Å²) in [5, 5.41) is 11.1. The van der Waals surface area contributed by atoms with E-state index in [-0.39, 0.29) is 11.6 Å².